The zero-order valence-electron chi connectivity index (χ0n) is 13.4. The van der Waals surface area contributed by atoms with Crippen molar-refractivity contribution in [1.82, 2.24) is 4.98 Å². The van der Waals surface area contributed by atoms with Crippen molar-refractivity contribution in [1.29, 1.82) is 0 Å². The van der Waals surface area contributed by atoms with Gasteiger partial charge < -0.3 is 10.5 Å². The molecule has 0 bridgehead atoms. The molecule has 1 heterocycles. The van der Waals surface area contributed by atoms with Crippen molar-refractivity contribution in [3.05, 3.63) is 77.6 Å². The molecule has 2 aromatic carbocycles. The fourth-order valence-electron chi connectivity index (χ4n) is 2.48. The molecule has 3 aromatic rings. The summed E-state index contributed by atoms with van der Waals surface area (Å²) in [6, 6.07) is 14.6. The number of nitrogens with two attached hydrogens (primary N) is 1. The van der Waals surface area contributed by atoms with Crippen LogP contribution in [-0.2, 0) is 12.8 Å². The van der Waals surface area contributed by atoms with Gasteiger partial charge in [0, 0.05) is 11.6 Å². The van der Waals surface area contributed by atoms with Gasteiger partial charge in [-0.25, -0.2) is 4.39 Å². The minimum Gasteiger partial charge on any atom is -0.473 e. The first-order valence-corrected chi connectivity index (χ1v) is 7.65. The topological polar surface area (TPSA) is 48.1 Å². The summed E-state index contributed by atoms with van der Waals surface area (Å²) in [6.45, 7) is 0.247. The number of rotatable bonds is 4. The molecule has 0 saturated carbocycles. The Kier molecular flexibility index (Phi) is 4.79. The molecule has 0 amide bonds. The van der Waals surface area contributed by atoms with E-state index in [1.165, 1.54) is 12.1 Å². The average Bonchev–Trinajstić information content (AvgIpc) is 2.60. The van der Waals surface area contributed by atoms with Gasteiger partial charge in [0.2, 0.25) is 5.88 Å². The van der Waals surface area contributed by atoms with Crippen molar-refractivity contribution in [2.75, 3.05) is 5.73 Å². The van der Waals surface area contributed by atoms with E-state index in [1.54, 1.807) is 0 Å². The normalized spacial score (nSPS) is 11.4. The predicted octanol–water partition coefficient (Wildman–Crippen LogP) is 5.07. The summed E-state index contributed by atoms with van der Waals surface area (Å²) >= 11 is 0. The van der Waals surface area contributed by atoms with Crippen molar-refractivity contribution in [2.45, 2.75) is 12.8 Å². The van der Waals surface area contributed by atoms with Crippen LogP contribution in [0.2, 0.25) is 0 Å². The molecule has 7 heteroatoms. The van der Waals surface area contributed by atoms with Crippen LogP contribution in [0, 0.1) is 5.82 Å². The highest BCUT2D eigenvalue weighted by molar-refractivity contribution is 5.77. The molecule has 134 valence electrons. The van der Waals surface area contributed by atoms with Crippen LogP contribution in [0.3, 0.4) is 0 Å². The molecule has 26 heavy (non-hydrogen) atoms. The van der Waals surface area contributed by atoms with E-state index in [0.717, 1.165) is 17.7 Å². The Morgan fingerprint density at radius 1 is 0.923 bits per heavy atom. The molecule has 0 aliphatic carbocycles. The molecule has 2 N–H and O–H groups in total. The molecule has 0 radical (unpaired) electrons. The van der Waals surface area contributed by atoms with Crippen molar-refractivity contribution < 1.29 is 22.3 Å². The second-order valence-electron chi connectivity index (χ2n) is 5.54. The average molecular weight is 362 g/mol. The lowest BCUT2D eigenvalue weighted by Gasteiger charge is -2.15. The van der Waals surface area contributed by atoms with Gasteiger partial charge in [-0.05, 0) is 29.3 Å². The first-order chi connectivity index (χ1) is 12.3. The summed E-state index contributed by atoms with van der Waals surface area (Å²) in [6.07, 6.45) is -4.72. The number of alkyl halides is 3. The lowest BCUT2D eigenvalue weighted by atomic mass is 9.99. The highest BCUT2D eigenvalue weighted by Crippen LogP contribution is 2.39. The van der Waals surface area contributed by atoms with Gasteiger partial charge in [0.05, 0.1) is 5.56 Å². The van der Waals surface area contributed by atoms with E-state index < -0.39 is 17.6 Å². The number of benzene rings is 2. The Morgan fingerprint density at radius 2 is 1.62 bits per heavy atom. The van der Waals surface area contributed by atoms with Gasteiger partial charge in [0.1, 0.15) is 18.2 Å². The lowest BCUT2D eigenvalue weighted by molar-refractivity contribution is -0.137. The molecule has 0 spiro atoms. The van der Waals surface area contributed by atoms with Gasteiger partial charge in [-0.15, -0.1) is 0 Å². The Balaban J connectivity index is 1.89. The van der Waals surface area contributed by atoms with Crippen LogP contribution in [-0.4, -0.2) is 4.98 Å². The van der Waals surface area contributed by atoms with Crippen LogP contribution >= 0.6 is 0 Å². The standard InChI is InChI=1S/C19H14F4N2O/c20-13-6-7-14(16(10-13)19(21,22)23)15-8-9-17(25-18(15)24)26-11-12-4-2-1-3-5-12/h1-10H,11H2,(H2,24,25). The number of ether oxygens (including phenoxy) is 1. The Labute approximate surface area is 147 Å². The fraction of sp³-hybridized carbons (Fsp3) is 0.105. The van der Waals surface area contributed by atoms with Crippen molar-refractivity contribution in [3.63, 3.8) is 0 Å². The van der Waals surface area contributed by atoms with Gasteiger partial charge in [-0.2, -0.15) is 18.2 Å². The molecule has 3 nitrogen and oxygen atoms in total. The van der Waals surface area contributed by atoms with Crippen LogP contribution in [0.4, 0.5) is 23.4 Å². The summed E-state index contributed by atoms with van der Waals surface area (Å²) in [5, 5.41) is 0. The van der Waals surface area contributed by atoms with Crippen LogP contribution in [0.1, 0.15) is 11.1 Å². The van der Waals surface area contributed by atoms with Crippen molar-refractivity contribution in [2.24, 2.45) is 0 Å². The SMILES string of the molecule is Nc1nc(OCc2ccccc2)ccc1-c1ccc(F)cc1C(F)(F)F. The second-order valence-corrected chi connectivity index (χ2v) is 5.54. The lowest BCUT2D eigenvalue weighted by Crippen LogP contribution is -2.09. The van der Waals surface area contributed by atoms with Crippen molar-refractivity contribution in [3.8, 4) is 17.0 Å². The molecular weight excluding hydrogens is 348 g/mol. The first-order valence-electron chi connectivity index (χ1n) is 7.65. The van der Waals surface area contributed by atoms with Gasteiger partial charge in [0.15, 0.2) is 0 Å². The van der Waals surface area contributed by atoms with Crippen LogP contribution < -0.4 is 10.5 Å². The van der Waals surface area contributed by atoms with Crippen LogP contribution in [0.25, 0.3) is 11.1 Å². The fourth-order valence-corrected chi connectivity index (χ4v) is 2.48. The van der Waals surface area contributed by atoms with E-state index >= 15 is 0 Å². The molecular formula is C19H14F4N2O. The summed E-state index contributed by atoms with van der Waals surface area (Å²) in [5.74, 6) is -0.922. The maximum Gasteiger partial charge on any atom is 0.417 e. The number of halogens is 4. The smallest absolute Gasteiger partial charge is 0.417 e. The van der Waals surface area contributed by atoms with Gasteiger partial charge in [0.25, 0.3) is 0 Å². The number of nitrogen functional groups attached to an aromatic ring is 1. The van der Waals surface area contributed by atoms with Crippen LogP contribution in [0.5, 0.6) is 5.88 Å². The van der Waals surface area contributed by atoms with E-state index in [-0.39, 0.29) is 29.4 Å². The van der Waals surface area contributed by atoms with Gasteiger partial charge in [-0.1, -0.05) is 36.4 Å². The monoisotopic (exact) mass is 362 g/mol. The highest BCUT2D eigenvalue weighted by Gasteiger charge is 2.34. The maximum absolute atomic E-state index is 13.3. The van der Waals surface area contributed by atoms with Gasteiger partial charge >= 0.3 is 6.18 Å². The molecule has 0 aliphatic heterocycles. The first kappa shape index (κ1) is 17.7. The molecule has 0 atom stereocenters. The molecule has 0 aliphatic rings. The Morgan fingerprint density at radius 3 is 2.27 bits per heavy atom. The summed E-state index contributed by atoms with van der Waals surface area (Å²) in [4.78, 5) is 4.00. The quantitative estimate of drug-likeness (QED) is 0.660. The number of nitrogens with zero attached hydrogens (tertiary/aromatic N) is 1. The van der Waals surface area contributed by atoms with Crippen molar-refractivity contribution >= 4 is 5.82 Å². The second kappa shape index (κ2) is 7.03. The Hall–Kier alpha value is -3.09. The number of anilines is 1. The third-order valence-electron chi connectivity index (χ3n) is 3.71. The van der Waals surface area contributed by atoms with E-state index in [4.69, 9.17) is 10.5 Å². The van der Waals surface area contributed by atoms with E-state index in [0.29, 0.717) is 6.07 Å². The van der Waals surface area contributed by atoms with E-state index in [1.807, 2.05) is 30.3 Å². The number of pyridine rings is 1. The molecule has 3 rings (SSSR count). The number of hydrogen-bond donors (Lipinski definition) is 1. The predicted molar refractivity (Wildman–Crippen MR) is 89.8 cm³/mol. The maximum atomic E-state index is 13.3. The zero-order valence-corrected chi connectivity index (χ0v) is 13.4. The largest absolute Gasteiger partial charge is 0.473 e. The van der Waals surface area contributed by atoms with Crippen LogP contribution in [0.15, 0.2) is 60.7 Å². The summed E-state index contributed by atoms with van der Waals surface area (Å²) in [5.41, 5.74) is 5.45. The molecule has 1 aromatic heterocycles. The van der Waals surface area contributed by atoms with E-state index in [9.17, 15) is 17.6 Å². The zero-order chi connectivity index (χ0) is 18.7. The summed E-state index contributed by atoms with van der Waals surface area (Å²) in [7, 11) is 0. The summed E-state index contributed by atoms with van der Waals surface area (Å²) < 4.78 is 58.3. The molecule has 0 saturated heterocycles. The van der Waals surface area contributed by atoms with Gasteiger partial charge in [-0.3, -0.25) is 0 Å². The van der Waals surface area contributed by atoms with E-state index in [2.05, 4.69) is 4.98 Å². The number of hydrogen-bond acceptors (Lipinski definition) is 3. The number of aromatic nitrogens is 1. The minimum absolute atomic E-state index is 0.0596. The molecule has 0 unspecified atom stereocenters. The third-order valence-corrected chi connectivity index (χ3v) is 3.71. The Bertz CT molecular complexity index is 911. The highest BCUT2D eigenvalue weighted by atomic mass is 19.4. The third kappa shape index (κ3) is 3.93. The molecule has 0 fully saturated rings. The minimum atomic E-state index is -4.72.